The van der Waals surface area contributed by atoms with Gasteiger partial charge in [-0.05, 0) is 37.1 Å². The first-order valence-corrected chi connectivity index (χ1v) is 13.6. The van der Waals surface area contributed by atoms with Crippen LogP contribution in [0.3, 0.4) is 0 Å². The fraction of sp³-hybridized carbons (Fsp3) is 0.417. The zero-order chi connectivity index (χ0) is 25.9. The van der Waals surface area contributed by atoms with Crippen molar-refractivity contribution in [1.82, 2.24) is 8.87 Å². The number of fused-ring (bicyclic) bond motifs is 1. The Balaban J connectivity index is 1.57. The number of benzene rings is 2. The van der Waals surface area contributed by atoms with Crippen molar-refractivity contribution in [2.24, 2.45) is 10.9 Å². The fourth-order valence-electron chi connectivity index (χ4n) is 4.16. The molecule has 0 unspecified atom stereocenters. The number of thiazole rings is 1. The van der Waals surface area contributed by atoms with Gasteiger partial charge in [-0.2, -0.15) is 9.30 Å². The Hall–Kier alpha value is -2.80. The van der Waals surface area contributed by atoms with E-state index in [0.717, 1.165) is 22.3 Å². The summed E-state index contributed by atoms with van der Waals surface area (Å²) < 4.78 is 59.2. The fourth-order valence-corrected chi connectivity index (χ4v) is 6.71. The topological polar surface area (TPSA) is 99.4 Å². The third-order valence-electron chi connectivity index (χ3n) is 6.17. The zero-order valence-corrected chi connectivity index (χ0v) is 21.9. The van der Waals surface area contributed by atoms with Crippen molar-refractivity contribution in [2.75, 3.05) is 41.0 Å². The lowest BCUT2D eigenvalue weighted by Crippen LogP contribution is -2.40. The monoisotopic (exact) mass is 537 g/mol. The van der Waals surface area contributed by atoms with Gasteiger partial charge >= 0.3 is 0 Å². The average molecular weight is 538 g/mol. The van der Waals surface area contributed by atoms with Gasteiger partial charge in [-0.15, -0.1) is 0 Å². The van der Waals surface area contributed by atoms with Crippen LogP contribution in [0.15, 0.2) is 46.3 Å². The molecule has 0 bridgehead atoms. The third kappa shape index (κ3) is 5.31. The number of rotatable bonds is 8. The lowest BCUT2D eigenvalue weighted by Gasteiger charge is -2.29. The van der Waals surface area contributed by atoms with Gasteiger partial charge < -0.3 is 18.8 Å². The van der Waals surface area contributed by atoms with E-state index in [-0.39, 0.29) is 23.9 Å². The summed E-state index contributed by atoms with van der Waals surface area (Å²) in [6, 6.07) is 8.45. The number of piperidine rings is 1. The summed E-state index contributed by atoms with van der Waals surface area (Å²) >= 11 is 1.37. The largest absolute Gasteiger partial charge is 0.493 e. The summed E-state index contributed by atoms with van der Waals surface area (Å²) in [7, 11) is 0.982. The second-order valence-corrected chi connectivity index (χ2v) is 11.2. The summed E-state index contributed by atoms with van der Waals surface area (Å²) in [4.78, 5) is 18.1. The van der Waals surface area contributed by atoms with E-state index in [1.165, 1.54) is 27.8 Å². The van der Waals surface area contributed by atoms with Crippen molar-refractivity contribution in [3.63, 3.8) is 0 Å². The van der Waals surface area contributed by atoms with Gasteiger partial charge in [-0.25, -0.2) is 12.8 Å². The van der Waals surface area contributed by atoms with Crippen molar-refractivity contribution < 1.29 is 31.8 Å². The Morgan fingerprint density at radius 1 is 1.08 bits per heavy atom. The predicted octanol–water partition coefficient (Wildman–Crippen LogP) is 3.03. The van der Waals surface area contributed by atoms with E-state index >= 15 is 0 Å². The number of carbonyl (C=O) groups is 1. The van der Waals surface area contributed by atoms with Gasteiger partial charge in [0, 0.05) is 44.8 Å². The van der Waals surface area contributed by atoms with Crippen molar-refractivity contribution in [3.8, 4) is 11.5 Å². The quantitative estimate of drug-likeness (QED) is 0.438. The SMILES string of the molecule is COCCn1c(=NC(=O)C2CCN(S(=O)(=O)c3ccc(F)cc3)CC2)sc2cc(OC)c(OC)cc21. The summed E-state index contributed by atoms with van der Waals surface area (Å²) in [6.45, 7) is 1.31. The first-order valence-electron chi connectivity index (χ1n) is 11.4. The number of hydrogen-bond donors (Lipinski definition) is 0. The Labute approximate surface area is 212 Å². The predicted molar refractivity (Wildman–Crippen MR) is 133 cm³/mol. The lowest BCUT2D eigenvalue weighted by molar-refractivity contribution is -0.122. The molecule has 194 valence electrons. The summed E-state index contributed by atoms with van der Waals surface area (Å²) in [6.07, 6.45) is 0.709. The Morgan fingerprint density at radius 3 is 2.33 bits per heavy atom. The molecule has 1 aliphatic heterocycles. The highest BCUT2D eigenvalue weighted by molar-refractivity contribution is 7.89. The van der Waals surface area contributed by atoms with Crippen molar-refractivity contribution in [1.29, 1.82) is 0 Å². The van der Waals surface area contributed by atoms with Crippen molar-refractivity contribution in [3.05, 3.63) is 47.0 Å². The van der Waals surface area contributed by atoms with E-state index in [4.69, 9.17) is 14.2 Å². The molecule has 0 spiro atoms. The van der Waals surface area contributed by atoms with E-state index < -0.39 is 21.8 Å². The normalized spacial score (nSPS) is 15.9. The molecule has 2 heterocycles. The molecule has 1 amide bonds. The molecular weight excluding hydrogens is 509 g/mol. The van der Waals surface area contributed by atoms with Gasteiger partial charge in [0.2, 0.25) is 10.0 Å². The summed E-state index contributed by atoms with van der Waals surface area (Å²) in [5.41, 5.74) is 0.849. The molecule has 1 aromatic heterocycles. The number of aromatic nitrogens is 1. The van der Waals surface area contributed by atoms with E-state index in [1.807, 2.05) is 16.7 Å². The number of hydrogen-bond acceptors (Lipinski definition) is 7. The van der Waals surface area contributed by atoms with Crippen molar-refractivity contribution in [2.45, 2.75) is 24.3 Å². The van der Waals surface area contributed by atoms with Gasteiger partial charge in [-0.1, -0.05) is 11.3 Å². The molecule has 0 atom stereocenters. The Kier molecular flexibility index (Phi) is 8.08. The molecule has 0 radical (unpaired) electrons. The highest BCUT2D eigenvalue weighted by atomic mass is 32.2. The molecule has 9 nitrogen and oxygen atoms in total. The van der Waals surface area contributed by atoms with Crippen molar-refractivity contribution >= 4 is 37.5 Å². The van der Waals surface area contributed by atoms with E-state index in [9.17, 15) is 17.6 Å². The molecule has 3 aromatic rings. The number of carbonyl (C=O) groups excluding carboxylic acids is 1. The second kappa shape index (κ2) is 11.1. The minimum Gasteiger partial charge on any atom is -0.493 e. The van der Waals surface area contributed by atoms with Crippen LogP contribution in [-0.4, -0.2) is 64.2 Å². The molecule has 0 N–H and O–H groups in total. The van der Waals surface area contributed by atoms with E-state index in [1.54, 1.807) is 21.3 Å². The Bertz CT molecular complexity index is 1410. The Morgan fingerprint density at radius 2 is 1.72 bits per heavy atom. The zero-order valence-electron chi connectivity index (χ0n) is 20.3. The number of halogens is 1. The smallest absolute Gasteiger partial charge is 0.251 e. The molecule has 0 saturated carbocycles. The molecule has 1 fully saturated rings. The molecule has 1 saturated heterocycles. The molecule has 4 rings (SSSR count). The maximum absolute atomic E-state index is 13.2. The number of methoxy groups -OCH3 is 3. The summed E-state index contributed by atoms with van der Waals surface area (Å²) in [5, 5.41) is 0. The van der Waals surface area contributed by atoms with Gasteiger partial charge in [-0.3, -0.25) is 4.79 Å². The number of ether oxygens (including phenoxy) is 3. The minimum absolute atomic E-state index is 0.0358. The van der Waals surface area contributed by atoms with Crippen LogP contribution >= 0.6 is 11.3 Å². The van der Waals surface area contributed by atoms with Crippen LogP contribution in [0.4, 0.5) is 4.39 Å². The number of nitrogens with zero attached hydrogens (tertiary/aromatic N) is 3. The molecule has 12 heteroatoms. The molecule has 36 heavy (non-hydrogen) atoms. The second-order valence-electron chi connectivity index (χ2n) is 8.29. The van der Waals surface area contributed by atoms with E-state index in [0.29, 0.717) is 42.3 Å². The van der Waals surface area contributed by atoms with Gasteiger partial charge in [0.25, 0.3) is 5.91 Å². The number of sulfonamides is 1. The highest BCUT2D eigenvalue weighted by Gasteiger charge is 2.32. The van der Waals surface area contributed by atoms with Crippen LogP contribution in [0.25, 0.3) is 10.2 Å². The van der Waals surface area contributed by atoms with Crippen LogP contribution in [0.2, 0.25) is 0 Å². The average Bonchev–Trinajstić information content (AvgIpc) is 3.22. The summed E-state index contributed by atoms with van der Waals surface area (Å²) in [5.74, 6) is -0.0274. The van der Waals surface area contributed by atoms with Gasteiger partial charge in [0.1, 0.15) is 5.82 Å². The first kappa shape index (κ1) is 26.3. The lowest BCUT2D eigenvalue weighted by atomic mass is 9.98. The molecule has 0 aliphatic carbocycles. The van der Waals surface area contributed by atoms with Crippen LogP contribution in [-0.2, 0) is 26.1 Å². The third-order valence-corrected chi connectivity index (χ3v) is 9.12. The maximum atomic E-state index is 13.2. The van der Waals surface area contributed by atoms with Gasteiger partial charge in [0.05, 0.1) is 35.9 Å². The van der Waals surface area contributed by atoms with Crippen LogP contribution < -0.4 is 14.3 Å². The van der Waals surface area contributed by atoms with Crippen LogP contribution in [0.1, 0.15) is 12.8 Å². The van der Waals surface area contributed by atoms with Crippen LogP contribution in [0.5, 0.6) is 11.5 Å². The standard InChI is InChI=1S/C24H28FN3O6S2/c1-32-13-12-28-19-14-20(33-2)21(34-3)15-22(19)35-24(28)26-23(29)16-8-10-27(11-9-16)36(30,31)18-6-4-17(25)5-7-18/h4-7,14-16H,8-13H2,1-3H3. The van der Waals surface area contributed by atoms with Crippen LogP contribution in [0, 0.1) is 11.7 Å². The van der Waals surface area contributed by atoms with E-state index in [2.05, 4.69) is 4.99 Å². The molecular formula is C24H28FN3O6S2. The number of amides is 1. The molecule has 2 aromatic carbocycles. The van der Waals surface area contributed by atoms with Gasteiger partial charge in [0.15, 0.2) is 16.3 Å². The first-order chi connectivity index (χ1) is 17.3. The minimum atomic E-state index is -3.75. The highest BCUT2D eigenvalue weighted by Crippen LogP contribution is 2.33. The molecule has 1 aliphatic rings. The maximum Gasteiger partial charge on any atom is 0.251 e.